The molecule has 0 N–H and O–H groups in total. The first-order valence-corrected chi connectivity index (χ1v) is 25.9. The average molecular weight is 955 g/mol. The van der Waals surface area contributed by atoms with Gasteiger partial charge in [-0.1, -0.05) is 243 Å². The predicted molar refractivity (Wildman–Crippen MR) is 315 cm³/mol. The molecule has 0 amide bonds. The Morgan fingerprint density at radius 1 is 0.253 bits per heavy atom. The van der Waals surface area contributed by atoms with Crippen LogP contribution in [-0.4, -0.2) is 4.57 Å². The molecule has 0 aliphatic heterocycles. The normalized spacial score (nSPS) is 12.4. The van der Waals surface area contributed by atoms with Crippen LogP contribution in [0, 0.1) is 0 Å². The molecule has 0 atom stereocenters. The molecular formula is C73H50N2. The summed E-state index contributed by atoms with van der Waals surface area (Å²) in [4.78, 5) is 2.34. The number of para-hydroxylation sites is 2. The largest absolute Gasteiger partial charge is 0.310 e. The molecule has 1 aliphatic rings. The van der Waals surface area contributed by atoms with Crippen LogP contribution in [0.1, 0.15) is 22.3 Å². The number of rotatable bonds is 10. The zero-order valence-corrected chi connectivity index (χ0v) is 41.3. The number of hydrogen-bond donors (Lipinski definition) is 0. The van der Waals surface area contributed by atoms with Gasteiger partial charge in [-0.25, -0.2) is 0 Å². The van der Waals surface area contributed by atoms with E-state index in [1.54, 1.807) is 0 Å². The lowest BCUT2D eigenvalue weighted by molar-refractivity contribution is 0.767. The van der Waals surface area contributed by atoms with Crippen molar-refractivity contribution in [2.75, 3.05) is 4.90 Å². The van der Waals surface area contributed by atoms with Crippen LogP contribution in [0.5, 0.6) is 0 Å². The van der Waals surface area contributed by atoms with Crippen molar-refractivity contribution in [3.8, 4) is 61.3 Å². The number of hydrogen-bond acceptors (Lipinski definition) is 1. The second-order valence-corrected chi connectivity index (χ2v) is 19.6. The molecule has 0 radical (unpaired) electrons. The molecule has 0 unspecified atom stereocenters. The number of anilines is 3. The van der Waals surface area contributed by atoms with Crippen LogP contribution in [0.3, 0.4) is 0 Å². The molecule has 1 heterocycles. The highest BCUT2D eigenvalue weighted by Gasteiger charge is 2.46. The minimum absolute atomic E-state index is 0.488. The molecule has 0 bridgehead atoms. The van der Waals surface area contributed by atoms with E-state index in [0.717, 1.165) is 33.9 Å². The second-order valence-electron chi connectivity index (χ2n) is 19.6. The van der Waals surface area contributed by atoms with Gasteiger partial charge in [0.1, 0.15) is 0 Å². The lowest BCUT2D eigenvalue weighted by atomic mass is 9.67. The van der Waals surface area contributed by atoms with E-state index in [-0.39, 0.29) is 0 Å². The Kier molecular flexibility index (Phi) is 10.8. The molecule has 1 aliphatic carbocycles. The topological polar surface area (TPSA) is 8.17 Å². The molecule has 352 valence electrons. The number of fused-ring (bicyclic) bond motifs is 6. The first-order chi connectivity index (χ1) is 37.2. The van der Waals surface area contributed by atoms with Crippen LogP contribution in [0.2, 0.25) is 0 Å². The fourth-order valence-corrected chi connectivity index (χ4v) is 12.0. The molecule has 2 nitrogen and oxygen atoms in total. The fourth-order valence-electron chi connectivity index (χ4n) is 12.0. The Hall–Kier alpha value is -9.76. The monoisotopic (exact) mass is 954 g/mol. The van der Waals surface area contributed by atoms with E-state index in [1.165, 1.54) is 88.6 Å². The SMILES string of the molecule is c1ccc(-c2ccc(-c3ccc(N(c4ccccc4)c4cccc(-c5ccc(-c6ccc7c8ccccc8n(-c8ccc9c(c8)C(c8ccccc8)(c8ccccc8)c8ccccc8-9)c7c6)cc5)c4)cc3)cc2)cc1. The van der Waals surface area contributed by atoms with E-state index in [0.29, 0.717) is 0 Å². The summed E-state index contributed by atoms with van der Waals surface area (Å²) in [5.41, 5.74) is 23.5. The second kappa shape index (κ2) is 18.4. The number of benzene rings is 12. The Balaban J connectivity index is 0.813. The summed E-state index contributed by atoms with van der Waals surface area (Å²) in [5, 5.41) is 2.48. The first kappa shape index (κ1) is 44.0. The fraction of sp³-hybridized carbons (Fsp3) is 0.0137. The zero-order valence-electron chi connectivity index (χ0n) is 41.3. The Labute approximate surface area is 438 Å². The zero-order chi connectivity index (χ0) is 49.7. The standard InChI is InChI=1S/C73H50N2/c1-5-18-51(19-6-1)52-32-34-53(35-33-52)54-40-43-62(44-41-54)74(61-25-11-4-12-26-61)63-27-17-20-57(48-63)55-36-38-56(39-37-55)58-42-46-68-67-29-14-16-31-71(67)75(72(68)49-58)64-45-47-66-65-28-13-15-30-69(65)73(70(66)50-64,59-21-7-2-8-22-59)60-23-9-3-10-24-60/h1-50H. The maximum Gasteiger partial charge on any atom is 0.0714 e. The smallest absolute Gasteiger partial charge is 0.0714 e. The molecule has 12 aromatic carbocycles. The number of aromatic nitrogens is 1. The molecule has 0 saturated carbocycles. The first-order valence-electron chi connectivity index (χ1n) is 25.9. The Bertz CT molecular complexity index is 4140. The van der Waals surface area contributed by atoms with Crippen LogP contribution in [-0.2, 0) is 5.41 Å². The average Bonchev–Trinajstić information content (AvgIpc) is 4.05. The van der Waals surface area contributed by atoms with Crippen molar-refractivity contribution in [1.29, 1.82) is 0 Å². The Morgan fingerprint density at radius 2 is 0.693 bits per heavy atom. The van der Waals surface area contributed by atoms with E-state index >= 15 is 0 Å². The summed E-state index contributed by atoms with van der Waals surface area (Å²) in [6.45, 7) is 0. The van der Waals surface area contributed by atoms with E-state index < -0.39 is 5.41 Å². The maximum absolute atomic E-state index is 2.48. The van der Waals surface area contributed by atoms with Gasteiger partial charge in [-0.15, -0.1) is 0 Å². The van der Waals surface area contributed by atoms with Gasteiger partial charge in [0, 0.05) is 33.5 Å². The highest BCUT2D eigenvalue weighted by molar-refractivity contribution is 6.10. The van der Waals surface area contributed by atoms with Crippen LogP contribution in [0.4, 0.5) is 17.1 Å². The van der Waals surface area contributed by atoms with Gasteiger partial charge in [-0.3, -0.25) is 0 Å². The van der Waals surface area contributed by atoms with Gasteiger partial charge in [0.2, 0.25) is 0 Å². The summed E-state index contributed by atoms with van der Waals surface area (Å²) in [7, 11) is 0. The Morgan fingerprint density at radius 3 is 1.35 bits per heavy atom. The van der Waals surface area contributed by atoms with E-state index in [2.05, 4.69) is 313 Å². The maximum atomic E-state index is 2.48. The van der Waals surface area contributed by atoms with Crippen LogP contribution >= 0.6 is 0 Å². The van der Waals surface area contributed by atoms with Crippen molar-refractivity contribution in [3.63, 3.8) is 0 Å². The van der Waals surface area contributed by atoms with E-state index in [4.69, 9.17) is 0 Å². The molecule has 1 aromatic heterocycles. The third-order valence-corrected chi connectivity index (χ3v) is 15.5. The van der Waals surface area contributed by atoms with Crippen molar-refractivity contribution >= 4 is 38.9 Å². The van der Waals surface area contributed by atoms with Gasteiger partial charge in [0.15, 0.2) is 0 Å². The molecular weight excluding hydrogens is 905 g/mol. The quantitative estimate of drug-likeness (QED) is 0.133. The summed E-state index contributed by atoms with van der Waals surface area (Å²) >= 11 is 0. The summed E-state index contributed by atoms with van der Waals surface area (Å²) in [6, 6.07) is 111. The van der Waals surface area contributed by atoms with Crippen LogP contribution < -0.4 is 4.90 Å². The molecule has 0 fully saturated rings. The molecule has 14 rings (SSSR count). The van der Waals surface area contributed by atoms with Gasteiger partial charge in [-0.05, 0) is 139 Å². The van der Waals surface area contributed by atoms with Crippen LogP contribution in [0.25, 0.3) is 83.1 Å². The molecule has 0 spiro atoms. The highest BCUT2D eigenvalue weighted by Crippen LogP contribution is 2.56. The van der Waals surface area contributed by atoms with Crippen molar-refractivity contribution in [2.24, 2.45) is 0 Å². The van der Waals surface area contributed by atoms with Gasteiger partial charge in [-0.2, -0.15) is 0 Å². The third-order valence-electron chi connectivity index (χ3n) is 15.5. The molecule has 2 heteroatoms. The van der Waals surface area contributed by atoms with Gasteiger partial charge in [0.25, 0.3) is 0 Å². The summed E-state index contributed by atoms with van der Waals surface area (Å²) in [6.07, 6.45) is 0. The van der Waals surface area contributed by atoms with Gasteiger partial charge >= 0.3 is 0 Å². The van der Waals surface area contributed by atoms with Gasteiger partial charge in [0.05, 0.1) is 16.4 Å². The van der Waals surface area contributed by atoms with Crippen molar-refractivity contribution < 1.29 is 0 Å². The molecule has 0 saturated heterocycles. The van der Waals surface area contributed by atoms with Crippen molar-refractivity contribution in [3.05, 3.63) is 326 Å². The van der Waals surface area contributed by atoms with Gasteiger partial charge < -0.3 is 9.47 Å². The number of nitrogens with zero attached hydrogens (tertiary/aromatic N) is 2. The van der Waals surface area contributed by atoms with Crippen molar-refractivity contribution in [2.45, 2.75) is 5.41 Å². The summed E-state index contributed by atoms with van der Waals surface area (Å²) < 4.78 is 2.48. The van der Waals surface area contributed by atoms with E-state index in [1.807, 2.05) is 0 Å². The van der Waals surface area contributed by atoms with E-state index in [9.17, 15) is 0 Å². The molecule has 13 aromatic rings. The minimum atomic E-state index is -0.488. The molecule has 75 heavy (non-hydrogen) atoms. The van der Waals surface area contributed by atoms with Crippen molar-refractivity contribution in [1.82, 2.24) is 4.57 Å². The predicted octanol–water partition coefficient (Wildman–Crippen LogP) is 19.3. The lowest BCUT2D eigenvalue weighted by Gasteiger charge is -2.34. The lowest BCUT2D eigenvalue weighted by Crippen LogP contribution is -2.28. The minimum Gasteiger partial charge on any atom is -0.310 e. The third kappa shape index (κ3) is 7.49. The summed E-state index contributed by atoms with van der Waals surface area (Å²) in [5.74, 6) is 0. The highest BCUT2D eigenvalue weighted by atomic mass is 15.1. The van der Waals surface area contributed by atoms with Crippen LogP contribution in [0.15, 0.2) is 303 Å².